The van der Waals surface area contributed by atoms with Crippen molar-refractivity contribution in [3.8, 4) is 17.2 Å². The molecule has 2 aliphatic rings. The molecule has 202 valence electrons. The zero-order chi connectivity index (χ0) is 26.4. The third-order valence-corrected chi connectivity index (χ3v) is 8.07. The lowest BCUT2D eigenvalue weighted by molar-refractivity contribution is -0.163. The van der Waals surface area contributed by atoms with Crippen LogP contribution in [0.4, 0.5) is 0 Å². The number of likely N-dealkylation sites (tertiary alicyclic amines) is 1. The van der Waals surface area contributed by atoms with Crippen LogP contribution >= 0.6 is 23.2 Å². The maximum atomic E-state index is 13.6. The molecular formula is C28H35Cl2NO6. The minimum atomic E-state index is -0.263. The van der Waals surface area contributed by atoms with E-state index in [0.717, 1.165) is 50.7 Å². The molecule has 4 rings (SSSR count). The van der Waals surface area contributed by atoms with Crippen LogP contribution in [-0.2, 0) is 14.9 Å². The minimum Gasteiger partial charge on any atom is -0.493 e. The summed E-state index contributed by atoms with van der Waals surface area (Å²) in [6.07, 6.45) is 5.54. The monoisotopic (exact) mass is 551 g/mol. The molecule has 9 heteroatoms. The molecule has 0 aliphatic carbocycles. The topological polar surface area (TPSA) is 66.5 Å². The lowest BCUT2D eigenvalue weighted by atomic mass is 9.76. The van der Waals surface area contributed by atoms with Crippen LogP contribution in [0.1, 0.15) is 54.4 Å². The lowest BCUT2D eigenvalue weighted by Crippen LogP contribution is -2.35. The number of benzene rings is 2. The van der Waals surface area contributed by atoms with Crippen molar-refractivity contribution in [1.82, 2.24) is 4.90 Å². The van der Waals surface area contributed by atoms with Crippen molar-refractivity contribution >= 4 is 29.1 Å². The number of carbonyl (C=O) groups excluding carboxylic acids is 1. The first kappa shape index (κ1) is 27.8. The summed E-state index contributed by atoms with van der Waals surface area (Å²) in [5, 5.41) is 1.03. The number of hydrogen-bond acceptors (Lipinski definition) is 6. The van der Waals surface area contributed by atoms with Gasteiger partial charge in [-0.05, 0) is 68.4 Å². The molecule has 2 atom stereocenters. The van der Waals surface area contributed by atoms with E-state index in [1.165, 1.54) is 21.3 Å². The van der Waals surface area contributed by atoms with E-state index in [-0.39, 0.29) is 17.6 Å². The summed E-state index contributed by atoms with van der Waals surface area (Å²) >= 11 is 12.6. The fraction of sp³-hybridized carbons (Fsp3) is 0.536. The first-order chi connectivity index (χ1) is 17.9. The Labute approximate surface area is 228 Å². The fourth-order valence-corrected chi connectivity index (χ4v) is 5.61. The molecule has 2 aromatic rings. The summed E-state index contributed by atoms with van der Waals surface area (Å²) in [5.41, 5.74) is 1.30. The molecule has 37 heavy (non-hydrogen) atoms. The van der Waals surface area contributed by atoms with Crippen molar-refractivity contribution < 1.29 is 28.5 Å². The number of rotatable bonds is 10. The van der Waals surface area contributed by atoms with Crippen LogP contribution < -0.4 is 14.2 Å². The molecular weight excluding hydrogens is 517 g/mol. The quantitative estimate of drug-likeness (QED) is 0.331. The number of hydrogen-bond donors (Lipinski definition) is 0. The van der Waals surface area contributed by atoms with Crippen LogP contribution in [0, 0.1) is 0 Å². The summed E-state index contributed by atoms with van der Waals surface area (Å²) in [6.45, 7) is 2.53. The first-order valence-electron chi connectivity index (χ1n) is 12.7. The fourth-order valence-electron chi connectivity index (χ4n) is 5.31. The van der Waals surface area contributed by atoms with Gasteiger partial charge in [0.15, 0.2) is 17.8 Å². The maximum absolute atomic E-state index is 13.6. The van der Waals surface area contributed by atoms with Gasteiger partial charge in [0.2, 0.25) is 5.75 Å². The SMILES string of the molecule is COc1cc(C(=O)N2CCC(CCCOC3CCCCO3)(c3ccc(Cl)c(Cl)c3)C2)cc(OC)c1OC. The summed E-state index contributed by atoms with van der Waals surface area (Å²) in [7, 11) is 4.62. The zero-order valence-corrected chi connectivity index (χ0v) is 23.2. The molecule has 0 spiro atoms. The number of amides is 1. The molecule has 2 fully saturated rings. The normalized spacial score (nSPS) is 21.6. The van der Waals surface area contributed by atoms with Crippen LogP contribution in [0.25, 0.3) is 0 Å². The van der Waals surface area contributed by atoms with Crippen molar-refractivity contribution in [2.45, 2.75) is 50.2 Å². The van der Waals surface area contributed by atoms with E-state index in [0.29, 0.717) is 52.6 Å². The van der Waals surface area contributed by atoms with E-state index < -0.39 is 0 Å². The third kappa shape index (κ3) is 6.28. The Hall–Kier alpha value is -2.19. The van der Waals surface area contributed by atoms with Crippen molar-refractivity contribution in [2.75, 3.05) is 47.6 Å². The predicted molar refractivity (Wildman–Crippen MR) is 144 cm³/mol. The molecule has 2 saturated heterocycles. The Morgan fingerprint density at radius 2 is 1.81 bits per heavy atom. The van der Waals surface area contributed by atoms with Crippen molar-refractivity contribution in [1.29, 1.82) is 0 Å². The highest BCUT2D eigenvalue weighted by atomic mass is 35.5. The first-order valence-corrected chi connectivity index (χ1v) is 13.4. The number of halogens is 2. The van der Waals surface area contributed by atoms with E-state index in [1.807, 2.05) is 23.1 Å². The predicted octanol–water partition coefficient (Wildman–Crippen LogP) is 6.13. The van der Waals surface area contributed by atoms with Gasteiger partial charge in [-0.3, -0.25) is 4.79 Å². The molecule has 2 aliphatic heterocycles. The Balaban J connectivity index is 1.53. The second-order valence-electron chi connectivity index (χ2n) is 9.57. The standard InChI is InChI=1S/C28H35Cl2NO6/c1-33-23-15-19(16-24(34-2)26(23)35-3)27(32)31-12-11-28(18-31,20-8-9-21(29)22(30)17-20)10-6-14-37-25-7-4-5-13-36-25/h8-9,15-17,25H,4-7,10-14,18H2,1-3H3. The van der Waals surface area contributed by atoms with Gasteiger partial charge in [-0.2, -0.15) is 0 Å². The van der Waals surface area contributed by atoms with Gasteiger partial charge in [0.25, 0.3) is 5.91 Å². The van der Waals surface area contributed by atoms with Gasteiger partial charge < -0.3 is 28.6 Å². The Morgan fingerprint density at radius 3 is 2.43 bits per heavy atom. The van der Waals surface area contributed by atoms with Gasteiger partial charge in [-0.25, -0.2) is 0 Å². The number of methoxy groups -OCH3 is 3. The van der Waals surface area contributed by atoms with Gasteiger partial charge in [0, 0.05) is 37.3 Å². The van der Waals surface area contributed by atoms with Crippen LogP contribution in [0.2, 0.25) is 10.0 Å². The molecule has 2 unspecified atom stereocenters. The largest absolute Gasteiger partial charge is 0.493 e. The van der Waals surface area contributed by atoms with Crippen molar-refractivity contribution in [2.24, 2.45) is 0 Å². The highest BCUT2D eigenvalue weighted by Gasteiger charge is 2.41. The highest BCUT2D eigenvalue weighted by molar-refractivity contribution is 6.42. The molecule has 0 saturated carbocycles. The molecule has 7 nitrogen and oxygen atoms in total. The number of ether oxygens (including phenoxy) is 5. The summed E-state index contributed by atoms with van der Waals surface area (Å²) in [4.78, 5) is 15.5. The van der Waals surface area contributed by atoms with Gasteiger partial charge in [0.05, 0.1) is 31.4 Å². The van der Waals surface area contributed by atoms with Gasteiger partial charge in [-0.15, -0.1) is 0 Å². The van der Waals surface area contributed by atoms with E-state index in [9.17, 15) is 4.79 Å². The van der Waals surface area contributed by atoms with Crippen LogP contribution in [0.15, 0.2) is 30.3 Å². The summed E-state index contributed by atoms with van der Waals surface area (Å²) in [6, 6.07) is 9.17. The molecule has 0 radical (unpaired) electrons. The van der Waals surface area contributed by atoms with Gasteiger partial charge >= 0.3 is 0 Å². The minimum absolute atomic E-state index is 0.0898. The summed E-state index contributed by atoms with van der Waals surface area (Å²) in [5.74, 6) is 1.26. The number of nitrogens with zero attached hydrogens (tertiary/aromatic N) is 1. The van der Waals surface area contributed by atoms with E-state index in [4.69, 9.17) is 46.9 Å². The second-order valence-corrected chi connectivity index (χ2v) is 10.4. The summed E-state index contributed by atoms with van der Waals surface area (Å²) < 4.78 is 28.0. The average molecular weight is 552 g/mol. The Bertz CT molecular complexity index is 1070. The molecule has 2 heterocycles. The average Bonchev–Trinajstić information content (AvgIpc) is 3.37. The lowest BCUT2D eigenvalue weighted by Gasteiger charge is -2.31. The molecule has 2 aromatic carbocycles. The molecule has 0 N–H and O–H groups in total. The highest BCUT2D eigenvalue weighted by Crippen LogP contribution is 2.43. The van der Waals surface area contributed by atoms with Crippen LogP contribution in [0.3, 0.4) is 0 Å². The Morgan fingerprint density at radius 1 is 1.05 bits per heavy atom. The van der Waals surface area contributed by atoms with E-state index in [1.54, 1.807) is 12.1 Å². The Kier molecular flexibility index (Phi) is 9.46. The van der Waals surface area contributed by atoms with Crippen LogP contribution in [-0.4, -0.2) is 64.7 Å². The van der Waals surface area contributed by atoms with Gasteiger partial charge in [0.1, 0.15) is 0 Å². The molecule has 1 amide bonds. The van der Waals surface area contributed by atoms with Crippen molar-refractivity contribution in [3.05, 3.63) is 51.5 Å². The molecule has 0 aromatic heterocycles. The van der Waals surface area contributed by atoms with Gasteiger partial charge in [-0.1, -0.05) is 29.3 Å². The van der Waals surface area contributed by atoms with Crippen LogP contribution in [0.5, 0.6) is 17.2 Å². The second kappa shape index (κ2) is 12.6. The van der Waals surface area contributed by atoms with E-state index >= 15 is 0 Å². The van der Waals surface area contributed by atoms with Crippen molar-refractivity contribution in [3.63, 3.8) is 0 Å². The number of carbonyl (C=O) groups is 1. The smallest absolute Gasteiger partial charge is 0.254 e. The van der Waals surface area contributed by atoms with E-state index in [2.05, 4.69) is 0 Å². The molecule has 0 bridgehead atoms. The maximum Gasteiger partial charge on any atom is 0.254 e. The third-order valence-electron chi connectivity index (χ3n) is 7.33. The zero-order valence-electron chi connectivity index (χ0n) is 21.7.